The number of halogens is 3. The van der Waals surface area contributed by atoms with Crippen LogP contribution in [0.25, 0.3) is 0 Å². The van der Waals surface area contributed by atoms with Crippen molar-refractivity contribution in [2.45, 2.75) is 12.6 Å². The van der Waals surface area contributed by atoms with Gasteiger partial charge in [-0.3, -0.25) is 20.4 Å². The van der Waals surface area contributed by atoms with Crippen molar-refractivity contribution in [1.29, 1.82) is 0 Å². The summed E-state index contributed by atoms with van der Waals surface area (Å²) in [5, 5.41) is 0. The summed E-state index contributed by atoms with van der Waals surface area (Å²) in [5.41, 5.74) is 4.31. The van der Waals surface area contributed by atoms with Crippen LogP contribution in [0.3, 0.4) is 0 Å². The number of nitrogens with one attached hydrogen (secondary N) is 2. The smallest absolute Gasteiger partial charge is 0.273 e. The van der Waals surface area contributed by atoms with Crippen molar-refractivity contribution in [3.05, 3.63) is 71.3 Å². The van der Waals surface area contributed by atoms with Crippen LogP contribution in [0, 0.1) is 0 Å². The molecule has 2 aromatic carbocycles. The molecule has 0 aliphatic heterocycles. The predicted octanol–water partition coefficient (Wildman–Crippen LogP) is 2.71. The average molecular weight is 322 g/mol. The zero-order chi connectivity index (χ0) is 16.9. The minimum absolute atomic E-state index is 0.0120. The van der Waals surface area contributed by atoms with Crippen molar-refractivity contribution in [3.63, 3.8) is 0 Å². The third-order valence-corrected chi connectivity index (χ3v) is 3.00. The van der Waals surface area contributed by atoms with Crippen LogP contribution in [-0.2, 0) is 17.4 Å². The Morgan fingerprint density at radius 3 is 2.04 bits per heavy atom. The molecule has 2 amide bonds. The Bertz CT molecular complexity index is 683. The molecule has 0 saturated carbocycles. The van der Waals surface area contributed by atoms with Crippen LogP contribution < -0.4 is 10.9 Å². The highest BCUT2D eigenvalue weighted by Crippen LogP contribution is 2.28. The first kappa shape index (κ1) is 16.5. The van der Waals surface area contributed by atoms with Crippen molar-refractivity contribution in [2.75, 3.05) is 0 Å². The highest BCUT2D eigenvalue weighted by atomic mass is 19.4. The van der Waals surface area contributed by atoms with E-state index in [2.05, 4.69) is 10.9 Å². The Hall–Kier alpha value is -2.83. The van der Waals surface area contributed by atoms with E-state index >= 15 is 0 Å². The quantitative estimate of drug-likeness (QED) is 0.854. The molecular formula is C16H13F3N2O2. The Balaban J connectivity index is 1.88. The number of hydrazine groups is 1. The summed E-state index contributed by atoms with van der Waals surface area (Å²) in [5.74, 6) is -1.13. The fourth-order valence-corrected chi connectivity index (χ4v) is 1.83. The third kappa shape index (κ3) is 4.84. The second-order valence-corrected chi connectivity index (χ2v) is 4.74. The molecule has 0 aromatic heterocycles. The molecule has 0 radical (unpaired) electrons. The molecule has 0 unspecified atom stereocenters. The summed E-state index contributed by atoms with van der Waals surface area (Å²) < 4.78 is 37.3. The molecule has 0 aliphatic rings. The molecule has 23 heavy (non-hydrogen) atoms. The van der Waals surface area contributed by atoms with Gasteiger partial charge in [0, 0.05) is 5.56 Å². The van der Waals surface area contributed by atoms with Gasteiger partial charge in [-0.25, -0.2) is 0 Å². The number of carbonyl (C=O) groups excluding carboxylic acids is 2. The second kappa shape index (κ2) is 6.95. The number of benzene rings is 2. The Kier molecular flexibility index (Phi) is 5.00. The van der Waals surface area contributed by atoms with Gasteiger partial charge in [-0.05, 0) is 29.8 Å². The largest absolute Gasteiger partial charge is 0.416 e. The van der Waals surface area contributed by atoms with Crippen LogP contribution >= 0.6 is 0 Å². The maximum absolute atomic E-state index is 12.4. The Morgan fingerprint density at radius 1 is 0.870 bits per heavy atom. The molecule has 0 heterocycles. The molecule has 0 bridgehead atoms. The fraction of sp³-hybridized carbons (Fsp3) is 0.125. The van der Waals surface area contributed by atoms with E-state index in [0.717, 1.165) is 29.8 Å². The number of carbonyl (C=O) groups is 2. The van der Waals surface area contributed by atoms with E-state index in [4.69, 9.17) is 0 Å². The molecule has 0 aliphatic carbocycles. The van der Waals surface area contributed by atoms with Gasteiger partial charge in [-0.1, -0.05) is 30.3 Å². The Morgan fingerprint density at radius 2 is 1.48 bits per heavy atom. The number of amides is 2. The lowest BCUT2D eigenvalue weighted by Crippen LogP contribution is -2.42. The van der Waals surface area contributed by atoms with Gasteiger partial charge in [0.2, 0.25) is 5.91 Å². The van der Waals surface area contributed by atoms with Crippen LogP contribution in [0.5, 0.6) is 0 Å². The molecule has 0 atom stereocenters. The van der Waals surface area contributed by atoms with E-state index in [0.29, 0.717) is 0 Å². The number of hydrogen-bond donors (Lipinski definition) is 2. The lowest BCUT2D eigenvalue weighted by molar-refractivity contribution is -0.137. The van der Waals surface area contributed by atoms with Crippen molar-refractivity contribution in [3.8, 4) is 0 Å². The van der Waals surface area contributed by atoms with E-state index in [-0.39, 0.29) is 12.0 Å². The van der Waals surface area contributed by atoms with Gasteiger partial charge in [0.05, 0.1) is 12.0 Å². The Labute approximate surface area is 130 Å². The van der Waals surface area contributed by atoms with E-state index < -0.39 is 23.6 Å². The standard InChI is InChI=1S/C16H13F3N2O2/c17-16(18,19)13-8-6-12(7-9-13)15(23)21-20-14(22)10-11-4-2-1-3-5-11/h1-9H,10H2,(H,20,22)(H,21,23). The highest BCUT2D eigenvalue weighted by Gasteiger charge is 2.30. The fourth-order valence-electron chi connectivity index (χ4n) is 1.83. The first-order chi connectivity index (χ1) is 10.9. The minimum Gasteiger partial charge on any atom is -0.273 e. The molecule has 2 N–H and O–H groups in total. The topological polar surface area (TPSA) is 58.2 Å². The molecule has 0 saturated heterocycles. The zero-order valence-electron chi connectivity index (χ0n) is 11.9. The summed E-state index contributed by atoms with van der Waals surface area (Å²) in [6.45, 7) is 0. The van der Waals surface area contributed by atoms with Crippen LogP contribution in [0.1, 0.15) is 21.5 Å². The van der Waals surface area contributed by atoms with Crippen molar-refractivity contribution in [1.82, 2.24) is 10.9 Å². The lowest BCUT2D eigenvalue weighted by Gasteiger charge is -2.09. The molecule has 2 rings (SSSR count). The number of alkyl halides is 3. The summed E-state index contributed by atoms with van der Waals surface area (Å²) >= 11 is 0. The van der Waals surface area contributed by atoms with Gasteiger partial charge >= 0.3 is 6.18 Å². The minimum atomic E-state index is -4.46. The van der Waals surface area contributed by atoms with Crippen LogP contribution in [0.15, 0.2) is 54.6 Å². The van der Waals surface area contributed by atoms with Crippen molar-refractivity contribution >= 4 is 11.8 Å². The highest BCUT2D eigenvalue weighted by molar-refractivity contribution is 5.95. The first-order valence-corrected chi connectivity index (χ1v) is 6.66. The molecule has 2 aromatic rings. The van der Waals surface area contributed by atoms with E-state index in [1.54, 1.807) is 24.3 Å². The zero-order valence-corrected chi connectivity index (χ0v) is 11.9. The third-order valence-electron chi connectivity index (χ3n) is 3.00. The SMILES string of the molecule is O=C(Cc1ccccc1)NNC(=O)c1ccc(C(F)(F)F)cc1. The van der Waals surface area contributed by atoms with Gasteiger partial charge in [0.25, 0.3) is 5.91 Å². The van der Waals surface area contributed by atoms with Crippen LogP contribution in [0.2, 0.25) is 0 Å². The summed E-state index contributed by atoms with van der Waals surface area (Å²) in [7, 11) is 0. The normalized spacial score (nSPS) is 10.9. The van der Waals surface area contributed by atoms with Gasteiger partial charge in [-0.2, -0.15) is 13.2 Å². The first-order valence-electron chi connectivity index (χ1n) is 6.66. The van der Waals surface area contributed by atoms with Gasteiger partial charge in [-0.15, -0.1) is 0 Å². The molecule has 120 valence electrons. The van der Waals surface area contributed by atoms with E-state index in [9.17, 15) is 22.8 Å². The maximum Gasteiger partial charge on any atom is 0.416 e. The number of hydrogen-bond acceptors (Lipinski definition) is 2. The predicted molar refractivity (Wildman–Crippen MR) is 77.2 cm³/mol. The number of rotatable bonds is 3. The summed E-state index contributed by atoms with van der Waals surface area (Å²) in [6.07, 6.45) is -4.38. The second-order valence-electron chi connectivity index (χ2n) is 4.74. The molecule has 7 heteroatoms. The van der Waals surface area contributed by atoms with Gasteiger partial charge < -0.3 is 0 Å². The van der Waals surface area contributed by atoms with Crippen molar-refractivity contribution < 1.29 is 22.8 Å². The van der Waals surface area contributed by atoms with E-state index in [1.165, 1.54) is 0 Å². The maximum atomic E-state index is 12.4. The van der Waals surface area contributed by atoms with Gasteiger partial charge in [0.1, 0.15) is 0 Å². The molecular weight excluding hydrogens is 309 g/mol. The van der Waals surface area contributed by atoms with Crippen LogP contribution in [-0.4, -0.2) is 11.8 Å². The molecule has 0 fully saturated rings. The molecule has 4 nitrogen and oxygen atoms in total. The summed E-state index contributed by atoms with van der Waals surface area (Å²) in [6, 6.07) is 12.6. The average Bonchev–Trinajstić information content (AvgIpc) is 2.53. The van der Waals surface area contributed by atoms with Crippen molar-refractivity contribution in [2.24, 2.45) is 0 Å². The van der Waals surface area contributed by atoms with Crippen LogP contribution in [0.4, 0.5) is 13.2 Å². The summed E-state index contributed by atoms with van der Waals surface area (Å²) in [4.78, 5) is 23.4. The monoisotopic (exact) mass is 322 g/mol. The lowest BCUT2D eigenvalue weighted by atomic mass is 10.1. The van der Waals surface area contributed by atoms with Gasteiger partial charge in [0.15, 0.2) is 0 Å². The van der Waals surface area contributed by atoms with E-state index in [1.807, 2.05) is 6.07 Å². The molecule has 0 spiro atoms.